The molecule has 3 heteroatoms. The van der Waals surface area contributed by atoms with E-state index >= 15 is 0 Å². The Bertz CT molecular complexity index is 311. The second-order valence-corrected chi connectivity index (χ2v) is 5.03. The Morgan fingerprint density at radius 1 is 1.06 bits per heavy atom. The van der Waals surface area contributed by atoms with Crippen LogP contribution >= 0.6 is 0 Å². The van der Waals surface area contributed by atoms with E-state index in [1.165, 1.54) is 0 Å². The first-order valence-corrected chi connectivity index (χ1v) is 6.48. The third-order valence-corrected chi connectivity index (χ3v) is 2.93. The Morgan fingerprint density at radius 3 is 2.33 bits per heavy atom. The highest BCUT2D eigenvalue weighted by atomic mass is 16.7. The van der Waals surface area contributed by atoms with Crippen LogP contribution in [0.1, 0.15) is 26.3 Å². The molecule has 1 N–H and O–H groups in total. The van der Waals surface area contributed by atoms with Gasteiger partial charge in [0.15, 0.2) is 0 Å². The fourth-order valence-corrected chi connectivity index (χ4v) is 1.78. The summed E-state index contributed by atoms with van der Waals surface area (Å²) in [6, 6.07) is 9.99. The molecule has 0 spiro atoms. The van der Waals surface area contributed by atoms with Gasteiger partial charge in [0.25, 0.3) is 0 Å². The van der Waals surface area contributed by atoms with E-state index in [1.807, 2.05) is 51.1 Å². The van der Waals surface area contributed by atoms with Gasteiger partial charge in [0, 0.05) is 5.92 Å². The summed E-state index contributed by atoms with van der Waals surface area (Å²) >= 11 is 0. The van der Waals surface area contributed by atoms with Crippen molar-refractivity contribution in [1.29, 1.82) is 0 Å². The monoisotopic (exact) mass is 252 g/mol. The fraction of sp³-hybridized carbons (Fsp3) is 0.600. The summed E-state index contributed by atoms with van der Waals surface area (Å²) in [6.45, 7) is 7.35. The second-order valence-electron chi connectivity index (χ2n) is 5.03. The molecule has 0 aliphatic carbocycles. The average molecular weight is 252 g/mol. The summed E-state index contributed by atoms with van der Waals surface area (Å²) in [5.74, 6) is 0.388. The molecule has 0 aliphatic heterocycles. The molecular formula is C15H24O3. The minimum absolute atomic E-state index is 0.130. The highest BCUT2D eigenvalue weighted by Gasteiger charge is 2.17. The van der Waals surface area contributed by atoms with Crippen LogP contribution in [0.25, 0.3) is 0 Å². The molecule has 18 heavy (non-hydrogen) atoms. The summed E-state index contributed by atoms with van der Waals surface area (Å²) in [5.41, 5.74) is 1.14. The Kier molecular flexibility index (Phi) is 6.94. The van der Waals surface area contributed by atoms with Crippen molar-refractivity contribution in [2.75, 3.05) is 13.4 Å². The number of aliphatic hydroxyl groups is 1. The first-order chi connectivity index (χ1) is 8.61. The predicted octanol–water partition coefficient (Wildman–Crippen LogP) is 2.83. The minimum Gasteiger partial charge on any atom is -0.392 e. The van der Waals surface area contributed by atoms with Gasteiger partial charge in [-0.05, 0) is 11.5 Å². The van der Waals surface area contributed by atoms with Gasteiger partial charge in [-0.1, -0.05) is 51.1 Å². The van der Waals surface area contributed by atoms with Crippen molar-refractivity contribution < 1.29 is 14.6 Å². The molecule has 1 rings (SSSR count). The normalized spacial score (nSPS) is 14.7. The Morgan fingerprint density at radius 2 is 1.72 bits per heavy atom. The lowest BCUT2D eigenvalue weighted by Gasteiger charge is -2.21. The second kappa shape index (κ2) is 8.25. The van der Waals surface area contributed by atoms with Gasteiger partial charge in [-0.15, -0.1) is 0 Å². The molecule has 0 fully saturated rings. The van der Waals surface area contributed by atoms with Gasteiger partial charge < -0.3 is 14.6 Å². The first kappa shape index (κ1) is 15.2. The zero-order valence-corrected chi connectivity index (χ0v) is 11.5. The average Bonchev–Trinajstić information content (AvgIpc) is 2.38. The van der Waals surface area contributed by atoms with Gasteiger partial charge in [-0.25, -0.2) is 0 Å². The fourth-order valence-electron chi connectivity index (χ4n) is 1.78. The molecule has 0 aromatic heterocycles. The van der Waals surface area contributed by atoms with Gasteiger partial charge in [0.05, 0.1) is 19.3 Å². The van der Waals surface area contributed by atoms with E-state index in [0.29, 0.717) is 13.2 Å². The molecule has 2 atom stereocenters. The number of hydrogen-bond donors (Lipinski definition) is 1. The van der Waals surface area contributed by atoms with Crippen molar-refractivity contribution in [1.82, 2.24) is 0 Å². The lowest BCUT2D eigenvalue weighted by Crippen LogP contribution is -2.27. The summed E-state index contributed by atoms with van der Waals surface area (Å²) in [4.78, 5) is 0. The maximum absolute atomic E-state index is 9.81. The van der Waals surface area contributed by atoms with Crippen molar-refractivity contribution in [2.24, 2.45) is 11.8 Å². The molecule has 0 saturated carbocycles. The lowest BCUT2D eigenvalue weighted by molar-refractivity contribution is -0.0851. The summed E-state index contributed by atoms with van der Waals surface area (Å²) in [6.07, 6.45) is -0.320. The lowest BCUT2D eigenvalue weighted by atomic mass is 9.96. The number of hydrogen-bond acceptors (Lipinski definition) is 3. The van der Waals surface area contributed by atoms with Crippen LogP contribution in [0.5, 0.6) is 0 Å². The molecule has 0 amide bonds. The van der Waals surface area contributed by atoms with E-state index in [2.05, 4.69) is 0 Å². The van der Waals surface area contributed by atoms with Gasteiger partial charge in [0.2, 0.25) is 0 Å². The Hall–Kier alpha value is -0.900. The first-order valence-electron chi connectivity index (χ1n) is 6.48. The third kappa shape index (κ3) is 5.63. The molecular weight excluding hydrogens is 228 g/mol. The van der Waals surface area contributed by atoms with E-state index in [4.69, 9.17) is 9.47 Å². The number of aliphatic hydroxyl groups excluding tert-OH is 1. The highest BCUT2D eigenvalue weighted by molar-refractivity contribution is 5.13. The van der Waals surface area contributed by atoms with Crippen LogP contribution in [0.4, 0.5) is 0 Å². The largest absolute Gasteiger partial charge is 0.392 e. The van der Waals surface area contributed by atoms with Crippen LogP contribution < -0.4 is 0 Å². The van der Waals surface area contributed by atoms with Gasteiger partial charge >= 0.3 is 0 Å². The van der Waals surface area contributed by atoms with E-state index in [0.717, 1.165) is 5.56 Å². The van der Waals surface area contributed by atoms with Crippen molar-refractivity contribution in [2.45, 2.75) is 33.5 Å². The molecule has 0 radical (unpaired) electrons. The molecule has 102 valence electrons. The quantitative estimate of drug-likeness (QED) is 0.571. The smallest absolute Gasteiger partial charge is 0.147 e. The summed E-state index contributed by atoms with van der Waals surface area (Å²) < 4.78 is 10.8. The predicted molar refractivity (Wildman–Crippen MR) is 72.1 cm³/mol. The third-order valence-electron chi connectivity index (χ3n) is 2.93. The van der Waals surface area contributed by atoms with Crippen LogP contribution in [-0.4, -0.2) is 24.6 Å². The van der Waals surface area contributed by atoms with Crippen molar-refractivity contribution in [3.05, 3.63) is 35.9 Å². The van der Waals surface area contributed by atoms with Crippen LogP contribution in [0.15, 0.2) is 30.3 Å². The SMILES string of the molecule is CC(C)[C@@H](O)[C@@H](C)COCOCc1ccccc1. The zero-order chi connectivity index (χ0) is 13.4. The molecule has 1 aromatic rings. The maximum Gasteiger partial charge on any atom is 0.147 e. The molecule has 3 nitrogen and oxygen atoms in total. The van der Waals surface area contributed by atoms with E-state index < -0.39 is 0 Å². The molecule has 0 bridgehead atoms. The van der Waals surface area contributed by atoms with Gasteiger partial charge in [0.1, 0.15) is 6.79 Å². The van der Waals surface area contributed by atoms with E-state index in [9.17, 15) is 5.11 Å². The van der Waals surface area contributed by atoms with E-state index in [1.54, 1.807) is 0 Å². The van der Waals surface area contributed by atoms with Crippen LogP contribution in [-0.2, 0) is 16.1 Å². The highest BCUT2D eigenvalue weighted by Crippen LogP contribution is 2.12. The number of benzene rings is 1. The van der Waals surface area contributed by atoms with Crippen molar-refractivity contribution >= 4 is 0 Å². The molecule has 0 heterocycles. The van der Waals surface area contributed by atoms with Crippen molar-refractivity contribution in [3.63, 3.8) is 0 Å². The summed E-state index contributed by atoms with van der Waals surface area (Å²) in [5, 5.41) is 9.81. The molecule has 1 aromatic carbocycles. The van der Waals surface area contributed by atoms with E-state index in [-0.39, 0.29) is 24.7 Å². The van der Waals surface area contributed by atoms with Gasteiger partial charge in [-0.3, -0.25) is 0 Å². The number of rotatable bonds is 8. The Balaban J connectivity index is 2.09. The molecule has 0 saturated heterocycles. The summed E-state index contributed by atoms with van der Waals surface area (Å²) in [7, 11) is 0. The number of ether oxygens (including phenoxy) is 2. The maximum atomic E-state index is 9.81. The molecule has 0 aliphatic rings. The van der Waals surface area contributed by atoms with Crippen LogP contribution in [0.2, 0.25) is 0 Å². The van der Waals surface area contributed by atoms with Crippen molar-refractivity contribution in [3.8, 4) is 0 Å². The zero-order valence-electron chi connectivity index (χ0n) is 11.5. The standard InChI is InChI=1S/C15H24O3/c1-12(2)15(16)13(3)9-17-11-18-10-14-7-5-4-6-8-14/h4-8,12-13,15-16H,9-11H2,1-3H3/t13-,15+/m0/s1. The minimum atomic E-state index is -0.320. The topological polar surface area (TPSA) is 38.7 Å². The Labute approximate surface area is 110 Å². The van der Waals surface area contributed by atoms with Crippen LogP contribution in [0.3, 0.4) is 0 Å². The van der Waals surface area contributed by atoms with Crippen LogP contribution in [0, 0.1) is 11.8 Å². The molecule has 0 unspecified atom stereocenters. The van der Waals surface area contributed by atoms with Gasteiger partial charge in [-0.2, -0.15) is 0 Å².